The Morgan fingerprint density at radius 1 is 1.12 bits per heavy atom. The number of aromatic nitrogens is 1. The average molecular weight is 338 g/mol. The summed E-state index contributed by atoms with van der Waals surface area (Å²) in [5.41, 5.74) is 3.00. The van der Waals surface area contributed by atoms with Crippen LogP contribution >= 0.6 is 0 Å². The zero-order valence-electron chi connectivity index (χ0n) is 13.9. The molecule has 0 atom stereocenters. The van der Waals surface area contributed by atoms with Crippen molar-refractivity contribution in [2.45, 2.75) is 12.8 Å². The first-order valence-corrected chi connectivity index (χ1v) is 8.53. The highest BCUT2D eigenvalue weighted by Gasteiger charge is 2.22. The van der Waals surface area contributed by atoms with Gasteiger partial charge in [0.05, 0.1) is 13.2 Å². The first-order valence-electron chi connectivity index (χ1n) is 8.53. The number of hydrogen-bond acceptors (Lipinski definition) is 4. The molecule has 1 aliphatic carbocycles. The van der Waals surface area contributed by atoms with Gasteiger partial charge in [-0.1, -0.05) is 6.07 Å². The lowest BCUT2D eigenvalue weighted by atomic mass is 9.86. The quantitative estimate of drug-likeness (QED) is 0.788. The van der Waals surface area contributed by atoms with Crippen LogP contribution in [0.5, 0.6) is 0 Å². The van der Waals surface area contributed by atoms with Crippen LogP contribution < -0.4 is 4.90 Å². The number of carbonyl (C=O) groups excluding carboxylic acids is 1. The molecule has 4 nitrogen and oxygen atoms in total. The summed E-state index contributed by atoms with van der Waals surface area (Å²) in [5.74, 6) is 0.468. The second-order valence-corrected chi connectivity index (χ2v) is 6.35. The van der Waals surface area contributed by atoms with Crippen molar-refractivity contribution in [3.63, 3.8) is 0 Å². The molecule has 0 bridgehead atoms. The number of benzene rings is 1. The third-order valence-corrected chi connectivity index (χ3v) is 4.72. The SMILES string of the molecule is O=C1C(=Cc2ccc(N3CCOCC3)nc2)CCc2ccc(F)cc21. The number of nitrogens with zero attached hydrogens (tertiary/aromatic N) is 2. The Morgan fingerprint density at radius 3 is 2.72 bits per heavy atom. The van der Waals surface area contributed by atoms with Crippen LogP contribution in [0.1, 0.15) is 27.9 Å². The van der Waals surface area contributed by atoms with Crippen LogP contribution in [0.2, 0.25) is 0 Å². The van der Waals surface area contributed by atoms with Crippen LogP contribution in [0.4, 0.5) is 10.2 Å². The summed E-state index contributed by atoms with van der Waals surface area (Å²) in [7, 11) is 0. The van der Waals surface area contributed by atoms with Gasteiger partial charge >= 0.3 is 0 Å². The minimum atomic E-state index is -0.370. The van der Waals surface area contributed by atoms with Crippen LogP contribution in [-0.4, -0.2) is 37.1 Å². The largest absolute Gasteiger partial charge is 0.378 e. The van der Waals surface area contributed by atoms with Gasteiger partial charge in [0.1, 0.15) is 11.6 Å². The van der Waals surface area contributed by atoms with Gasteiger partial charge in [0, 0.05) is 30.4 Å². The van der Waals surface area contributed by atoms with Crippen molar-refractivity contribution in [1.29, 1.82) is 0 Å². The first kappa shape index (κ1) is 16.0. The molecular formula is C20H19FN2O2. The van der Waals surface area contributed by atoms with Crippen molar-refractivity contribution in [2.24, 2.45) is 0 Å². The van der Waals surface area contributed by atoms with Gasteiger partial charge in [-0.3, -0.25) is 4.79 Å². The van der Waals surface area contributed by atoms with E-state index in [0.717, 1.165) is 49.7 Å². The van der Waals surface area contributed by atoms with Crippen molar-refractivity contribution in [2.75, 3.05) is 31.2 Å². The van der Waals surface area contributed by atoms with Crippen LogP contribution in [0, 0.1) is 5.82 Å². The molecule has 1 aromatic heterocycles. The number of fused-ring (bicyclic) bond motifs is 1. The van der Waals surface area contributed by atoms with Crippen molar-refractivity contribution in [3.05, 3.63) is 64.6 Å². The number of morpholine rings is 1. The maximum absolute atomic E-state index is 13.4. The highest BCUT2D eigenvalue weighted by atomic mass is 19.1. The Hall–Kier alpha value is -2.53. The summed E-state index contributed by atoms with van der Waals surface area (Å²) in [6.45, 7) is 3.12. The van der Waals surface area contributed by atoms with Gasteiger partial charge < -0.3 is 9.64 Å². The number of aryl methyl sites for hydroxylation is 1. The molecule has 1 fully saturated rings. The fourth-order valence-electron chi connectivity index (χ4n) is 3.34. The van der Waals surface area contributed by atoms with Gasteiger partial charge in [-0.2, -0.15) is 0 Å². The molecule has 2 heterocycles. The van der Waals surface area contributed by atoms with Crippen LogP contribution in [0.3, 0.4) is 0 Å². The van der Waals surface area contributed by atoms with Crippen molar-refractivity contribution in [1.82, 2.24) is 4.98 Å². The molecule has 0 unspecified atom stereocenters. The number of anilines is 1. The molecule has 128 valence electrons. The maximum atomic E-state index is 13.4. The van der Waals surface area contributed by atoms with Crippen molar-refractivity contribution < 1.29 is 13.9 Å². The average Bonchev–Trinajstić information content (AvgIpc) is 2.66. The summed E-state index contributed by atoms with van der Waals surface area (Å²) in [6.07, 6.45) is 5.08. The molecular weight excluding hydrogens is 319 g/mol. The van der Waals surface area contributed by atoms with Crippen molar-refractivity contribution >= 4 is 17.7 Å². The number of Topliss-reactive ketones (excluding diaryl/α,β-unsaturated/α-hetero) is 1. The molecule has 0 spiro atoms. The van der Waals surface area contributed by atoms with Gasteiger partial charge in [-0.15, -0.1) is 0 Å². The number of allylic oxidation sites excluding steroid dienone is 1. The van der Waals surface area contributed by atoms with E-state index >= 15 is 0 Å². The summed E-state index contributed by atoms with van der Waals surface area (Å²) < 4.78 is 18.8. The van der Waals surface area contributed by atoms with Gasteiger partial charge in [-0.05, 0) is 54.3 Å². The Morgan fingerprint density at radius 2 is 1.96 bits per heavy atom. The standard InChI is InChI=1S/C20H19FN2O2/c21-17-5-4-15-2-3-16(20(24)18(15)12-17)11-14-1-6-19(22-13-14)23-7-9-25-10-8-23/h1,4-6,11-13H,2-3,7-10H2. The predicted molar refractivity (Wildman–Crippen MR) is 94.3 cm³/mol. The van der Waals surface area contributed by atoms with Gasteiger partial charge in [0.15, 0.2) is 5.78 Å². The Labute approximate surface area is 145 Å². The van der Waals surface area contributed by atoms with E-state index in [4.69, 9.17) is 4.74 Å². The van der Waals surface area contributed by atoms with E-state index in [2.05, 4.69) is 9.88 Å². The molecule has 1 aromatic carbocycles. The lowest BCUT2D eigenvalue weighted by Crippen LogP contribution is -2.36. The monoisotopic (exact) mass is 338 g/mol. The molecule has 25 heavy (non-hydrogen) atoms. The molecule has 0 N–H and O–H groups in total. The molecule has 5 heteroatoms. The highest BCUT2D eigenvalue weighted by Crippen LogP contribution is 2.27. The lowest BCUT2D eigenvalue weighted by molar-refractivity contribution is 0.102. The predicted octanol–water partition coefficient (Wildman–Crippen LogP) is 3.27. The second-order valence-electron chi connectivity index (χ2n) is 6.35. The summed E-state index contributed by atoms with van der Waals surface area (Å²) in [4.78, 5) is 19.3. The second kappa shape index (κ2) is 6.76. The van der Waals surface area contributed by atoms with Gasteiger partial charge in [0.2, 0.25) is 0 Å². The van der Waals surface area contributed by atoms with E-state index in [1.807, 2.05) is 18.2 Å². The van der Waals surface area contributed by atoms with Crippen LogP contribution in [0.25, 0.3) is 6.08 Å². The van der Waals surface area contributed by atoms with E-state index in [1.165, 1.54) is 12.1 Å². The normalized spacial score (nSPS) is 19.2. The number of ether oxygens (including phenoxy) is 1. The number of carbonyl (C=O) groups is 1. The zero-order valence-corrected chi connectivity index (χ0v) is 13.9. The Kier molecular flexibility index (Phi) is 4.32. The molecule has 0 amide bonds. The number of ketones is 1. The third kappa shape index (κ3) is 3.33. The minimum absolute atomic E-state index is 0.0852. The minimum Gasteiger partial charge on any atom is -0.378 e. The van der Waals surface area contributed by atoms with Crippen LogP contribution in [0.15, 0.2) is 42.1 Å². The molecule has 0 saturated carbocycles. The number of rotatable bonds is 2. The fraction of sp³-hybridized carbons (Fsp3) is 0.300. The summed E-state index contributed by atoms with van der Waals surface area (Å²) in [5, 5.41) is 0. The summed E-state index contributed by atoms with van der Waals surface area (Å²) in [6, 6.07) is 8.40. The molecule has 1 aliphatic heterocycles. The molecule has 2 aromatic rings. The fourth-order valence-corrected chi connectivity index (χ4v) is 3.34. The maximum Gasteiger partial charge on any atom is 0.189 e. The van der Waals surface area contributed by atoms with Crippen LogP contribution in [-0.2, 0) is 11.2 Å². The first-order chi connectivity index (χ1) is 12.2. The lowest BCUT2D eigenvalue weighted by Gasteiger charge is -2.27. The molecule has 1 saturated heterocycles. The smallest absolute Gasteiger partial charge is 0.189 e. The topological polar surface area (TPSA) is 42.4 Å². The number of pyridine rings is 1. The highest BCUT2D eigenvalue weighted by molar-refractivity contribution is 6.13. The van der Waals surface area contributed by atoms with Crippen molar-refractivity contribution in [3.8, 4) is 0 Å². The molecule has 4 rings (SSSR count). The number of halogens is 1. The molecule has 0 radical (unpaired) electrons. The van der Waals surface area contributed by atoms with Gasteiger partial charge in [-0.25, -0.2) is 9.37 Å². The third-order valence-electron chi connectivity index (χ3n) is 4.72. The summed E-state index contributed by atoms with van der Waals surface area (Å²) >= 11 is 0. The van der Waals surface area contributed by atoms with E-state index in [0.29, 0.717) is 17.6 Å². The van der Waals surface area contributed by atoms with E-state index in [-0.39, 0.29) is 11.6 Å². The zero-order chi connectivity index (χ0) is 17.2. The van der Waals surface area contributed by atoms with E-state index in [9.17, 15) is 9.18 Å². The van der Waals surface area contributed by atoms with Gasteiger partial charge in [0.25, 0.3) is 0 Å². The Bertz CT molecular complexity index is 824. The van der Waals surface area contributed by atoms with E-state index < -0.39 is 0 Å². The van der Waals surface area contributed by atoms with E-state index in [1.54, 1.807) is 12.3 Å². The Balaban J connectivity index is 1.55. The number of hydrogen-bond donors (Lipinski definition) is 0. The molecule has 2 aliphatic rings.